The molecule has 0 amide bonds. The van der Waals surface area contributed by atoms with Gasteiger partial charge >= 0.3 is 12.4 Å². The molecule has 6 heteroatoms. The predicted molar refractivity (Wildman–Crippen MR) is 50.6 cm³/mol. The minimum Gasteiger partial charge on any atom is -0.166 e. The highest BCUT2D eigenvalue weighted by Gasteiger charge is 2.38. The fourth-order valence-corrected chi connectivity index (χ4v) is 1.70. The van der Waals surface area contributed by atoms with E-state index >= 15 is 0 Å². The molecule has 0 fully saturated rings. The quantitative estimate of drug-likeness (QED) is 0.644. The monoisotopic (exact) mass is 256 g/mol. The Morgan fingerprint density at radius 1 is 0.941 bits per heavy atom. The number of rotatable bonds is 1. The Bertz CT molecular complexity index is 413. The van der Waals surface area contributed by atoms with Crippen molar-refractivity contribution in [3.63, 3.8) is 0 Å². The molecule has 1 aromatic rings. The van der Waals surface area contributed by atoms with Crippen molar-refractivity contribution < 1.29 is 26.3 Å². The van der Waals surface area contributed by atoms with E-state index in [1.54, 1.807) is 0 Å². The molecule has 0 aliphatic rings. The molecule has 17 heavy (non-hydrogen) atoms. The zero-order chi connectivity index (χ0) is 13.4. The minimum atomic E-state index is -4.77. The smallest absolute Gasteiger partial charge is 0.166 e. The van der Waals surface area contributed by atoms with Crippen molar-refractivity contribution in [3.05, 3.63) is 34.4 Å². The number of hydrogen-bond donors (Lipinski definition) is 0. The molecule has 0 aromatic heterocycles. The Kier molecular flexibility index (Phi) is 3.45. The third-order valence-electron chi connectivity index (χ3n) is 2.46. The maximum atomic E-state index is 12.6. The van der Waals surface area contributed by atoms with Crippen LogP contribution in [0.25, 0.3) is 0 Å². The number of halogens is 6. The van der Waals surface area contributed by atoms with E-state index in [0.29, 0.717) is 0 Å². The molecular formula is C11H10F6. The van der Waals surface area contributed by atoms with E-state index in [0.717, 1.165) is 6.07 Å². The molecule has 1 aromatic carbocycles. The van der Waals surface area contributed by atoms with Crippen LogP contribution < -0.4 is 0 Å². The summed E-state index contributed by atoms with van der Waals surface area (Å²) < 4.78 is 75.1. The zero-order valence-corrected chi connectivity index (χ0v) is 9.13. The van der Waals surface area contributed by atoms with E-state index in [1.165, 1.54) is 13.8 Å². The molecule has 0 N–H and O–H groups in total. The van der Waals surface area contributed by atoms with Crippen molar-refractivity contribution in [1.82, 2.24) is 0 Å². The Morgan fingerprint density at radius 3 is 1.82 bits per heavy atom. The van der Waals surface area contributed by atoms with Gasteiger partial charge in [-0.25, -0.2) is 0 Å². The van der Waals surface area contributed by atoms with Gasteiger partial charge in [0.25, 0.3) is 0 Å². The normalized spacial score (nSPS) is 12.9. The van der Waals surface area contributed by atoms with Gasteiger partial charge in [-0.3, -0.25) is 0 Å². The Hall–Kier alpha value is -1.20. The van der Waals surface area contributed by atoms with E-state index in [1.807, 2.05) is 0 Å². The standard InChI is InChI=1S/C11H10F6/c1-3-8-6(2)4-7(10(12,13)14)5-9(8)11(15,16)17/h4-5H,3H2,1-2H3. The highest BCUT2D eigenvalue weighted by atomic mass is 19.4. The van der Waals surface area contributed by atoms with E-state index < -0.39 is 23.5 Å². The summed E-state index contributed by atoms with van der Waals surface area (Å²) in [6.07, 6.45) is -9.49. The largest absolute Gasteiger partial charge is 0.416 e. The van der Waals surface area contributed by atoms with Crippen molar-refractivity contribution in [2.45, 2.75) is 32.6 Å². The number of benzene rings is 1. The fraction of sp³-hybridized carbons (Fsp3) is 0.455. The number of alkyl halides is 6. The van der Waals surface area contributed by atoms with Crippen LogP contribution in [-0.2, 0) is 18.8 Å². The van der Waals surface area contributed by atoms with Crippen molar-refractivity contribution in [2.75, 3.05) is 0 Å². The molecular weight excluding hydrogens is 246 g/mol. The molecule has 0 radical (unpaired) electrons. The lowest BCUT2D eigenvalue weighted by Gasteiger charge is -2.17. The van der Waals surface area contributed by atoms with Gasteiger partial charge in [0.05, 0.1) is 11.1 Å². The van der Waals surface area contributed by atoms with Gasteiger partial charge in [-0.1, -0.05) is 6.92 Å². The molecule has 0 saturated heterocycles. The highest BCUT2D eigenvalue weighted by Crippen LogP contribution is 2.38. The molecule has 0 spiro atoms. The van der Waals surface area contributed by atoms with Gasteiger partial charge in [0.2, 0.25) is 0 Å². The lowest BCUT2D eigenvalue weighted by molar-refractivity contribution is -0.143. The van der Waals surface area contributed by atoms with Crippen molar-refractivity contribution in [3.8, 4) is 0 Å². The molecule has 0 heterocycles. The van der Waals surface area contributed by atoms with Gasteiger partial charge in [-0.15, -0.1) is 0 Å². The average Bonchev–Trinajstić information content (AvgIpc) is 2.13. The summed E-state index contributed by atoms with van der Waals surface area (Å²) >= 11 is 0. The van der Waals surface area contributed by atoms with Gasteiger partial charge in [-0.05, 0) is 36.6 Å². The van der Waals surface area contributed by atoms with Gasteiger partial charge in [0.1, 0.15) is 0 Å². The summed E-state index contributed by atoms with van der Waals surface area (Å²) in [5.74, 6) is 0. The summed E-state index contributed by atoms with van der Waals surface area (Å²) in [5.41, 5.74) is -2.55. The van der Waals surface area contributed by atoms with E-state index in [2.05, 4.69) is 0 Å². The molecule has 0 aliphatic carbocycles. The number of hydrogen-bond acceptors (Lipinski definition) is 0. The van der Waals surface area contributed by atoms with Crippen molar-refractivity contribution in [2.24, 2.45) is 0 Å². The molecule has 0 saturated carbocycles. The summed E-state index contributed by atoms with van der Waals surface area (Å²) in [5, 5.41) is 0. The van der Waals surface area contributed by atoms with Crippen LogP contribution in [0.5, 0.6) is 0 Å². The lowest BCUT2D eigenvalue weighted by atomic mass is 9.96. The SMILES string of the molecule is CCc1c(C)cc(C(F)(F)F)cc1C(F)(F)F. The van der Waals surface area contributed by atoms with Crippen LogP contribution in [0.15, 0.2) is 12.1 Å². The second-order valence-electron chi connectivity index (χ2n) is 3.67. The lowest BCUT2D eigenvalue weighted by Crippen LogP contribution is -2.14. The van der Waals surface area contributed by atoms with E-state index in [4.69, 9.17) is 0 Å². The molecule has 1 rings (SSSR count). The maximum absolute atomic E-state index is 12.6. The second kappa shape index (κ2) is 4.23. The van der Waals surface area contributed by atoms with Crippen LogP contribution in [0.2, 0.25) is 0 Å². The van der Waals surface area contributed by atoms with Gasteiger partial charge < -0.3 is 0 Å². The first-order valence-corrected chi connectivity index (χ1v) is 4.85. The first-order valence-electron chi connectivity index (χ1n) is 4.85. The minimum absolute atomic E-state index is 0.00894. The molecule has 0 aliphatic heterocycles. The third kappa shape index (κ3) is 2.92. The molecule has 0 bridgehead atoms. The summed E-state index contributed by atoms with van der Waals surface area (Å²) in [7, 11) is 0. The van der Waals surface area contributed by atoms with Crippen LogP contribution in [0.4, 0.5) is 26.3 Å². The van der Waals surface area contributed by atoms with Crippen molar-refractivity contribution in [1.29, 1.82) is 0 Å². The van der Waals surface area contributed by atoms with Crippen LogP contribution in [-0.4, -0.2) is 0 Å². The van der Waals surface area contributed by atoms with Crippen LogP contribution in [0.3, 0.4) is 0 Å². The second-order valence-corrected chi connectivity index (χ2v) is 3.67. The van der Waals surface area contributed by atoms with Gasteiger partial charge in [0.15, 0.2) is 0 Å². The Labute approximate surface area is 94.2 Å². The van der Waals surface area contributed by atoms with Crippen molar-refractivity contribution >= 4 is 0 Å². The third-order valence-corrected chi connectivity index (χ3v) is 2.46. The topological polar surface area (TPSA) is 0 Å². The fourth-order valence-electron chi connectivity index (χ4n) is 1.70. The number of aryl methyl sites for hydroxylation is 1. The van der Waals surface area contributed by atoms with Gasteiger partial charge in [-0.2, -0.15) is 26.3 Å². The Balaban J connectivity index is 3.51. The predicted octanol–water partition coefficient (Wildman–Crippen LogP) is 4.60. The maximum Gasteiger partial charge on any atom is 0.416 e. The Morgan fingerprint density at radius 2 is 1.47 bits per heavy atom. The van der Waals surface area contributed by atoms with Crippen LogP contribution in [0.1, 0.15) is 29.2 Å². The molecule has 0 unspecified atom stereocenters. The molecule has 96 valence electrons. The first kappa shape index (κ1) is 13.9. The molecule has 0 atom stereocenters. The zero-order valence-electron chi connectivity index (χ0n) is 9.13. The van der Waals surface area contributed by atoms with E-state index in [9.17, 15) is 26.3 Å². The van der Waals surface area contributed by atoms with Crippen LogP contribution in [0, 0.1) is 6.92 Å². The van der Waals surface area contributed by atoms with Crippen LogP contribution >= 0.6 is 0 Å². The van der Waals surface area contributed by atoms with Gasteiger partial charge in [0, 0.05) is 0 Å². The summed E-state index contributed by atoms with van der Waals surface area (Å²) in [4.78, 5) is 0. The highest BCUT2D eigenvalue weighted by molar-refractivity contribution is 5.41. The first-order chi connectivity index (χ1) is 7.57. The average molecular weight is 256 g/mol. The summed E-state index contributed by atoms with van der Waals surface area (Å²) in [6.45, 7) is 2.73. The summed E-state index contributed by atoms with van der Waals surface area (Å²) in [6, 6.07) is 0.917. The van der Waals surface area contributed by atoms with E-state index in [-0.39, 0.29) is 23.6 Å². The molecule has 0 nitrogen and oxygen atoms in total.